The number of non-ortho nitro benzene ring substituents is 1. The van der Waals surface area contributed by atoms with Gasteiger partial charge in [-0.15, -0.1) is 5.10 Å². The average Bonchev–Trinajstić information content (AvgIpc) is 2.38. The molecule has 0 fully saturated rings. The molecule has 1 amide bonds. The second-order valence-electron chi connectivity index (χ2n) is 3.32. The van der Waals surface area contributed by atoms with Crippen molar-refractivity contribution in [2.75, 3.05) is 5.75 Å². The van der Waals surface area contributed by atoms with Gasteiger partial charge in [-0.25, -0.2) is 10.4 Å². The summed E-state index contributed by atoms with van der Waals surface area (Å²) in [7, 11) is 0. The molecule has 0 aromatic heterocycles. The summed E-state index contributed by atoms with van der Waals surface area (Å²) in [6.07, 6.45) is 1.53. The first kappa shape index (κ1) is 12.2. The van der Waals surface area contributed by atoms with E-state index in [1.54, 1.807) is 12.1 Å². The number of amides is 1. The molecule has 0 saturated heterocycles. The van der Waals surface area contributed by atoms with Gasteiger partial charge in [0.25, 0.3) is 11.6 Å². The molecular weight excluding hydrogens is 256 g/mol. The highest BCUT2D eigenvalue weighted by molar-refractivity contribution is 8.14. The number of carbonyl (C=O) groups excluding carboxylic acids is 1. The number of hydrazone groups is 1. The van der Waals surface area contributed by atoms with Gasteiger partial charge in [0, 0.05) is 18.3 Å². The van der Waals surface area contributed by atoms with E-state index < -0.39 is 4.92 Å². The Hall–Kier alpha value is -2.22. The van der Waals surface area contributed by atoms with Crippen LogP contribution in [-0.2, 0) is 4.79 Å². The molecule has 1 heterocycles. The molecule has 0 bridgehead atoms. The van der Waals surface area contributed by atoms with Crippen molar-refractivity contribution in [2.45, 2.75) is 0 Å². The molecule has 1 N–H and O–H groups in total. The Kier molecular flexibility index (Phi) is 3.68. The number of benzene rings is 1. The summed E-state index contributed by atoms with van der Waals surface area (Å²) in [5.41, 5.74) is 3.07. The maximum atomic E-state index is 10.8. The summed E-state index contributed by atoms with van der Waals surface area (Å²) < 4.78 is 0. The highest BCUT2D eigenvalue weighted by Gasteiger charge is 2.10. The van der Waals surface area contributed by atoms with E-state index in [2.05, 4.69) is 15.5 Å². The molecule has 0 radical (unpaired) electrons. The third-order valence-electron chi connectivity index (χ3n) is 2.04. The van der Waals surface area contributed by atoms with E-state index in [1.165, 1.54) is 30.1 Å². The molecule has 0 unspecified atom stereocenters. The molecule has 92 valence electrons. The van der Waals surface area contributed by atoms with Gasteiger partial charge in [-0.1, -0.05) is 11.8 Å². The maximum Gasteiger partial charge on any atom is 0.269 e. The standard InChI is InChI=1S/C10H8N4O3S/c15-9-6-18-10(13-12-9)11-5-7-1-3-8(4-2-7)14(16)17/h1-5H,6H2,(H,12,15). The summed E-state index contributed by atoms with van der Waals surface area (Å²) in [6.45, 7) is 0. The Morgan fingerprint density at radius 3 is 2.72 bits per heavy atom. The lowest BCUT2D eigenvalue weighted by Gasteiger charge is -2.06. The maximum absolute atomic E-state index is 10.8. The lowest BCUT2D eigenvalue weighted by atomic mass is 10.2. The lowest BCUT2D eigenvalue weighted by Crippen LogP contribution is -2.25. The number of carbonyl (C=O) groups is 1. The number of amidine groups is 1. The molecule has 2 rings (SSSR count). The van der Waals surface area contributed by atoms with Crippen molar-refractivity contribution < 1.29 is 9.72 Å². The van der Waals surface area contributed by atoms with E-state index in [-0.39, 0.29) is 17.3 Å². The molecule has 1 aromatic rings. The minimum Gasteiger partial charge on any atom is -0.272 e. The van der Waals surface area contributed by atoms with Gasteiger partial charge < -0.3 is 0 Å². The van der Waals surface area contributed by atoms with Crippen LogP contribution < -0.4 is 5.43 Å². The number of nitro benzene ring substituents is 1. The summed E-state index contributed by atoms with van der Waals surface area (Å²) in [5.74, 6) is 0.130. The van der Waals surface area contributed by atoms with Crippen molar-refractivity contribution in [3.63, 3.8) is 0 Å². The SMILES string of the molecule is O=C1CSC(N=Cc2ccc([N+](=O)[O-])cc2)=NN1. The van der Waals surface area contributed by atoms with Crippen LogP contribution in [-0.4, -0.2) is 28.0 Å². The number of hydrogen-bond acceptors (Lipinski definition) is 6. The number of hydrogen-bond donors (Lipinski definition) is 1. The monoisotopic (exact) mass is 264 g/mol. The number of aliphatic imine (C=N–C) groups is 1. The zero-order chi connectivity index (χ0) is 13.0. The fourth-order valence-corrected chi connectivity index (χ4v) is 1.74. The number of nitro groups is 1. The van der Waals surface area contributed by atoms with E-state index in [9.17, 15) is 14.9 Å². The first-order valence-corrected chi connectivity index (χ1v) is 5.91. The molecule has 18 heavy (non-hydrogen) atoms. The van der Waals surface area contributed by atoms with Crippen LogP contribution in [0.2, 0.25) is 0 Å². The molecule has 7 nitrogen and oxygen atoms in total. The lowest BCUT2D eigenvalue weighted by molar-refractivity contribution is -0.384. The topological polar surface area (TPSA) is 97.0 Å². The molecule has 0 saturated carbocycles. The largest absolute Gasteiger partial charge is 0.272 e. The number of nitrogens with zero attached hydrogens (tertiary/aromatic N) is 3. The molecule has 8 heteroatoms. The fourth-order valence-electron chi connectivity index (χ4n) is 1.18. The molecule has 0 aliphatic carbocycles. The number of nitrogens with one attached hydrogen (secondary N) is 1. The Balaban J connectivity index is 2.05. The minimum absolute atomic E-state index is 0.0313. The molecule has 0 spiro atoms. The van der Waals surface area contributed by atoms with Crippen molar-refractivity contribution >= 4 is 34.7 Å². The van der Waals surface area contributed by atoms with E-state index >= 15 is 0 Å². The highest BCUT2D eigenvalue weighted by Crippen LogP contribution is 2.12. The number of thioether (sulfide) groups is 1. The molecule has 0 atom stereocenters. The van der Waals surface area contributed by atoms with Crippen molar-refractivity contribution in [2.24, 2.45) is 10.1 Å². The van der Waals surface area contributed by atoms with Gasteiger partial charge in [0.1, 0.15) is 0 Å². The molecule has 1 aromatic carbocycles. The third kappa shape index (κ3) is 3.14. The van der Waals surface area contributed by atoms with Crippen LogP contribution in [0.4, 0.5) is 5.69 Å². The minimum atomic E-state index is -0.461. The first-order chi connectivity index (χ1) is 8.65. The third-order valence-corrected chi connectivity index (χ3v) is 2.90. The van der Waals surface area contributed by atoms with Crippen molar-refractivity contribution in [3.05, 3.63) is 39.9 Å². The quantitative estimate of drug-likeness (QED) is 0.492. The van der Waals surface area contributed by atoms with Gasteiger partial charge in [0.2, 0.25) is 5.17 Å². The first-order valence-electron chi connectivity index (χ1n) is 4.93. The second kappa shape index (κ2) is 5.41. The Labute approximate surface area is 106 Å². The van der Waals surface area contributed by atoms with Crippen LogP contribution in [0.1, 0.15) is 5.56 Å². The molecular formula is C10H8N4O3S. The Morgan fingerprint density at radius 1 is 1.44 bits per heavy atom. The van der Waals surface area contributed by atoms with Crippen LogP contribution >= 0.6 is 11.8 Å². The van der Waals surface area contributed by atoms with Crippen LogP contribution in [0.15, 0.2) is 34.4 Å². The van der Waals surface area contributed by atoms with Crippen molar-refractivity contribution in [1.29, 1.82) is 0 Å². The van der Waals surface area contributed by atoms with Crippen LogP contribution in [0.5, 0.6) is 0 Å². The van der Waals surface area contributed by atoms with Gasteiger partial charge in [0.05, 0.1) is 10.7 Å². The average molecular weight is 264 g/mol. The van der Waals surface area contributed by atoms with Gasteiger partial charge in [-0.05, 0) is 17.7 Å². The van der Waals surface area contributed by atoms with Gasteiger partial charge >= 0.3 is 0 Å². The van der Waals surface area contributed by atoms with E-state index in [4.69, 9.17) is 0 Å². The van der Waals surface area contributed by atoms with Crippen LogP contribution in [0.25, 0.3) is 0 Å². The molecule has 1 aliphatic heterocycles. The fraction of sp³-hybridized carbons (Fsp3) is 0.100. The van der Waals surface area contributed by atoms with Gasteiger partial charge in [-0.2, -0.15) is 0 Å². The summed E-state index contributed by atoms with van der Waals surface area (Å²) in [6, 6.07) is 5.99. The summed E-state index contributed by atoms with van der Waals surface area (Å²) >= 11 is 1.23. The van der Waals surface area contributed by atoms with Gasteiger partial charge in [-0.3, -0.25) is 14.9 Å². The van der Waals surface area contributed by atoms with Crippen molar-refractivity contribution in [3.8, 4) is 0 Å². The summed E-state index contributed by atoms with van der Waals surface area (Å²) in [4.78, 5) is 24.9. The smallest absolute Gasteiger partial charge is 0.269 e. The van der Waals surface area contributed by atoms with E-state index in [0.29, 0.717) is 5.17 Å². The number of rotatable bonds is 2. The zero-order valence-electron chi connectivity index (χ0n) is 9.07. The van der Waals surface area contributed by atoms with Crippen molar-refractivity contribution in [1.82, 2.24) is 5.43 Å². The Bertz CT molecular complexity index is 539. The van der Waals surface area contributed by atoms with Crippen LogP contribution in [0, 0.1) is 10.1 Å². The second-order valence-corrected chi connectivity index (χ2v) is 4.27. The highest BCUT2D eigenvalue weighted by atomic mass is 32.2. The van der Waals surface area contributed by atoms with E-state index in [0.717, 1.165) is 5.56 Å². The predicted octanol–water partition coefficient (Wildman–Crippen LogP) is 1.15. The van der Waals surface area contributed by atoms with Gasteiger partial charge in [0.15, 0.2) is 0 Å². The van der Waals surface area contributed by atoms with Crippen LogP contribution in [0.3, 0.4) is 0 Å². The van der Waals surface area contributed by atoms with E-state index in [1.807, 2.05) is 0 Å². The molecule has 1 aliphatic rings. The normalized spacial score (nSPS) is 15.3. The summed E-state index contributed by atoms with van der Waals surface area (Å²) in [5, 5.41) is 14.7. The Morgan fingerprint density at radius 2 is 2.17 bits per heavy atom. The zero-order valence-corrected chi connectivity index (χ0v) is 9.88. The predicted molar refractivity (Wildman–Crippen MR) is 68.7 cm³/mol.